The minimum Gasteiger partial charge on any atom is -0.474 e. The van der Waals surface area contributed by atoms with Crippen molar-refractivity contribution in [2.24, 2.45) is 9.98 Å². The van der Waals surface area contributed by atoms with Gasteiger partial charge in [0.1, 0.15) is 36.7 Å². The van der Waals surface area contributed by atoms with E-state index >= 15 is 0 Å². The number of pyridine rings is 1. The molecule has 2 unspecified atom stereocenters. The molecular weight excluding hydrogens is 262 g/mol. The first kappa shape index (κ1) is 13.0. The quantitative estimate of drug-likeness (QED) is 0.763. The third-order valence-electron chi connectivity index (χ3n) is 3.03. The third-order valence-corrected chi connectivity index (χ3v) is 3.03. The molecule has 7 nitrogen and oxygen atoms in total. The molecule has 1 aromatic heterocycles. The maximum atomic E-state index is 9.04. The van der Waals surface area contributed by atoms with Gasteiger partial charge >= 0.3 is 0 Å². The fraction of sp³-hybridized carbons (Fsp3) is 0.462. The first-order valence-electron chi connectivity index (χ1n) is 6.41. The van der Waals surface area contributed by atoms with Gasteiger partial charge in [0.15, 0.2) is 0 Å². The highest BCUT2D eigenvalue weighted by Gasteiger charge is 2.23. The Balaban J connectivity index is 1.84. The van der Waals surface area contributed by atoms with Crippen LogP contribution in [0.3, 0.4) is 0 Å². The van der Waals surface area contributed by atoms with Gasteiger partial charge in [-0.15, -0.1) is 0 Å². The lowest BCUT2D eigenvalue weighted by Gasteiger charge is -2.04. The van der Waals surface area contributed by atoms with Gasteiger partial charge in [0.2, 0.25) is 11.8 Å². The first-order valence-corrected chi connectivity index (χ1v) is 6.41. The van der Waals surface area contributed by atoms with Gasteiger partial charge in [-0.2, -0.15) is 0 Å². The highest BCUT2D eigenvalue weighted by molar-refractivity contribution is 5.97. The second-order valence-corrected chi connectivity index (χ2v) is 4.57. The van der Waals surface area contributed by atoms with Crippen molar-refractivity contribution in [1.82, 2.24) is 4.98 Å². The Morgan fingerprint density at radius 2 is 1.45 bits per heavy atom. The van der Waals surface area contributed by atoms with Crippen LogP contribution in [0, 0.1) is 0 Å². The smallest absolute Gasteiger partial charge is 0.235 e. The zero-order valence-corrected chi connectivity index (χ0v) is 10.8. The summed E-state index contributed by atoms with van der Waals surface area (Å²) in [6.45, 7) is 0.637. The van der Waals surface area contributed by atoms with E-state index in [9.17, 15) is 0 Å². The summed E-state index contributed by atoms with van der Waals surface area (Å²) >= 11 is 0. The number of rotatable bonds is 4. The van der Waals surface area contributed by atoms with E-state index < -0.39 is 0 Å². The standard InChI is InChI=1S/C13H15N3O4/c17-4-8-6-19-12(14-8)10-2-1-3-11(16-10)13-15-9(5-18)7-20-13/h1-3,8-9,17-18H,4-7H2. The van der Waals surface area contributed by atoms with Crippen LogP contribution in [0.2, 0.25) is 0 Å². The van der Waals surface area contributed by atoms with Crippen LogP contribution >= 0.6 is 0 Å². The van der Waals surface area contributed by atoms with Crippen LogP contribution in [0.4, 0.5) is 0 Å². The lowest BCUT2D eigenvalue weighted by Crippen LogP contribution is -2.11. The lowest BCUT2D eigenvalue weighted by atomic mass is 10.3. The fourth-order valence-corrected chi connectivity index (χ4v) is 1.97. The topological polar surface area (TPSA) is 96.5 Å². The maximum Gasteiger partial charge on any atom is 0.235 e. The van der Waals surface area contributed by atoms with Gasteiger partial charge in [0, 0.05) is 0 Å². The third kappa shape index (κ3) is 2.50. The number of aliphatic imine (C=N–C) groups is 2. The molecule has 0 saturated heterocycles. The molecule has 2 aliphatic rings. The monoisotopic (exact) mass is 277 g/mol. The van der Waals surface area contributed by atoms with E-state index in [1.165, 1.54) is 0 Å². The molecule has 0 aliphatic carbocycles. The van der Waals surface area contributed by atoms with Crippen molar-refractivity contribution >= 4 is 11.8 Å². The molecule has 7 heteroatoms. The molecular formula is C13H15N3O4. The van der Waals surface area contributed by atoms with E-state index in [1.807, 2.05) is 6.07 Å². The van der Waals surface area contributed by atoms with Crippen LogP contribution in [0.15, 0.2) is 28.2 Å². The highest BCUT2D eigenvalue weighted by atomic mass is 16.5. The molecule has 0 bridgehead atoms. The first-order chi connectivity index (χ1) is 9.80. The fourth-order valence-electron chi connectivity index (χ4n) is 1.97. The molecule has 0 amide bonds. The van der Waals surface area contributed by atoms with Crippen molar-refractivity contribution < 1.29 is 19.7 Å². The summed E-state index contributed by atoms with van der Waals surface area (Å²) in [5.74, 6) is 0.839. The SMILES string of the molecule is OCC1COC(c2cccc(C3=NC(CO)CO3)n2)=N1. The average molecular weight is 277 g/mol. The number of nitrogens with zero attached hydrogens (tertiary/aromatic N) is 3. The molecule has 0 aromatic carbocycles. The predicted molar refractivity (Wildman–Crippen MR) is 71.0 cm³/mol. The second kappa shape index (κ2) is 5.56. The summed E-state index contributed by atoms with van der Waals surface area (Å²) in [5.41, 5.74) is 1.16. The van der Waals surface area contributed by atoms with Gasteiger partial charge in [-0.1, -0.05) is 6.07 Å². The zero-order chi connectivity index (χ0) is 13.9. The minimum atomic E-state index is -0.228. The molecule has 0 spiro atoms. The predicted octanol–water partition coefficient (Wildman–Crippen LogP) is -0.643. The zero-order valence-electron chi connectivity index (χ0n) is 10.8. The van der Waals surface area contributed by atoms with Gasteiger partial charge in [-0.25, -0.2) is 15.0 Å². The van der Waals surface area contributed by atoms with Gasteiger partial charge in [-0.05, 0) is 12.1 Å². The summed E-state index contributed by atoms with van der Waals surface area (Å²) < 4.78 is 10.8. The summed E-state index contributed by atoms with van der Waals surface area (Å²) in [6.07, 6.45) is 0. The highest BCUT2D eigenvalue weighted by Crippen LogP contribution is 2.14. The van der Waals surface area contributed by atoms with Gasteiger partial charge in [0.05, 0.1) is 13.2 Å². The van der Waals surface area contributed by atoms with Crippen LogP contribution in [-0.4, -0.2) is 65.5 Å². The molecule has 2 aliphatic heterocycles. The summed E-state index contributed by atoms with van der Waals surface area (Å²) in [6, 6.07) is 4.92. The van der Waals surface area contributed by atoms with Crippen LogP contribution in [0.5, 0.6) is 0 Å². The Morgan fingerprint density at radius 3 is 1.85 bits per heavy atom. The van der Waals surface area contributed by atoms with Crippen LogP contribution in [-0.2, 0) is 9.47 Å². The number of aliphatic hydroxyl groups excluding tert-OH is 2. The van der Waals surface area contributed by atoms with Crippen molar-refractivity contribution in [2.45, 2.75) is 12.1 Å². The van der Waals surface area contributed by atoms with Gasteiger partial charge < -0.3 is 19.7 Å². The number of aliphatic hydroxyl groups is 2. The van der Waals surface area contributed by atoms with Crippen molar-refractivity contribution in [2.75, 3.05) is 26.4 Å². The van der Waals surface area contributed by atoms with E-state index in [1.54, 1.807) is 12.1 Å². The molecule has 3 rings (SSSR count). The Labute approximate surface area is 115 Å². The van der Waals surface area contributed by atoms with Crippen LogP contribution in [0.1, 0.15) is 11.4 Å². The van der Waals surface area contributed by atoms with Gasteiger partial charge in [-0.3, -0.25) is 0 Å². The minimum absolute atomic E-state index is 0.0445. The molecule has 2 atom stereocenters. The van der Waals surface area contributed by atoms with Crippen molar-refractivity contribution in [1.29, 1.82) is 0 Å². The Bertz CT molecular complexity index is 513. The van der Waals surface area contributed by atoms with E-state index in [0.29, 0.717) is 36.4 Å². The molecule has 0 fully saturated rings. The average Bonchev–Trinajstić information content (AvgIpc) is 3.16. The normalized spacial score (nSPS) is 24.9. The van der Waals surface area contributed by atoms with Crippen LogP contribution < -0.4 is 0 Å². The maximum absolute atomic E-state index is 9.04. The lowest BCUT2D eigenvalue weighted by molar-refractivity contribution is 0.227. The number of ether oxygens (including phenoxy) is 2. The summed E-state index contributed by atoms with van der Waals surface area (Å²) in [7, 11) is 0. The molecule has 0 saturated carbocycles. The Morgan fingerprint density at radius 1 is 0.950 bits per heavy atom. The van der Waals surface area contributed by atoms with Crippen molar-refractivity contribution in [3.05, 3.63) is 29.6 Å². The molecule has 2 N–H and O–H groups in total. The van der Waals surface area contributed by atoms with E-state index in [-0.39, 0.29) is 25.3 Å². The number of aromatic nitrogens is 1. The Hall–Kier alpha value is -1.99. The molecule has 1 aromatic rings. The molecule has 3 heterocycles. The summed E-state index contributed by atoms with van der Waals surface area (Å²) in [5, 5.41) is 18.1. The van der Waals surface area contributed by atoms with E-state index in [2.05, 4.69) is 15.0 Å². The van der Waals surface area contributed by atoms with Crippen molar-refractivity contribution in [3.63, 3.8) is 0 Å². The Kier molecular flexibility index (Phi) is 3.62. The van der Waals surface area contributed by atoms with Crippen LogP contribution in [0.25, 0.3) is 0 Å². The van der Waals surface area contributed by atoms with Gasteiger partial charge in [0.25, 0.3) is 0 Å². The molecule has 0 radical (unpaired) electrons. The molecule has 20 heavy (non-hydrogen) atoms. The van der Waals surface area contributed by atoms with E-state index in [0.717, 1.165) is 0 Å². The number of hydrogen-bond acceptors (Lipinski definition) is 7. The second-order valence-electron chi connectivity index (χ2n) is 4.57. The summed E-state index contributed by atoms with van der Waals surface area (Å²) in [4.78, 5) is 12.9. The number of hydrogen-bond donors (Lipinski definition) is 2. The van der Waals surface area contributed by atoms with E-state index in [4.69, 9.17) is 19.7 Å². The largest absolute Gasteiger partial charge is 0.474 e. The van der Waals surface area contributed by atoms with Crippen molar-refractivity contribution in [3.8, 4) is 0 Å². The molecule has 106 valence electrons.